The third kappa shape index (κ3) is 5.19. The van der Waals surface area contributed by atoms with Crippen molar-refractivity contribution >= 4 is 11.7 Å². The first-order valence-electron chi connectivity index (χ1n) is 7.04. The molecule has 5 heteroatoms. The average Bonchev–Trinajstić information content (AvgIpc) is 2.48. The van der Waals surface area contributed by atoms with Crippen LogP contribution in [0.2, 0.25) is 0 Å². The molecule has 0 spiro atoms. The van der Waals surface area contributed by atoms with E-state index in [0.29, 0.717) is 19.4 Å². The molecule has 1 aromatic carbocycles. The minimum absolute atomic E-state index is 0.143. The zero-order valence-corrected chi connectivity index (χ0v) is 11.7. The monoisotopic (exact) mass is 278 g/mol. The Kier molecular flexibility index (Phi) is 5.83. The Morgan fingerprint density at radius 3 is 2.65 bits per heavy atom. The SMILES string of the molecule is Nc1ccc(CCC(=O)OCCN2CCOCC2)cc1. The lowest BCUT2D eigenvalue weighted by Crippen LogP contribution is -2.38. The molecule has 2 N–H and O–H groups in total. The van der Waals surface area contributed by atoms with Crippen LogP contribution in [0.25, 0.3) is 0 Å². The van der Waals surface area contributed by atoms with E-state index in [9.17, 15) is 4.79 Å². The standard InChI is InChI=1S/C15H22N2O3/c16-14-4-1-13(2-5-14)3-6-15(18)20-12-9-17-7-10-19-11-8-17/h1-2,4-5H,3,6-12,16H2. The highest BCUT2D eigenvalue weighted by Gasteiger charge is 2.11. The molecule has 0 bridgehead atoms. The van der Waals surface area contributed by atoms with Crippen molar-refractivity contribution in [3.05, 3.63) is 29.8 Å². The van der Waals surface area contributed by atoms with Crippen LogP contribution in [-0.2, 0) is 20.7 Å². The molecule has 1 aliphatic rings. The summed E-state index contributed by atoms with van der Waals surface area (Å²) in [7, 11) is 0. The van der Waals surface area contributed by atoms with Gasteiger partial charge < -0.3 is 15.2 Å². The number of nitrogens with two attached hydrogens (primary N) is 1. The van der Waals surface area contributed by atoms with Crippen LogP contribution in [0.1, 0.15) is 12.0 Å². The second-order valence-electron chi connectivity index (χ2n) is 4.92. The molecule has 1 aliphatic heterocycles. The number of aryl methyl sites for hydroxylation is 1. The van der Waals surface area contributed by atoms with Gasteiger partial charge in [-0.25, -0.2) is 0 Å². The van der Waals surface area contributed by atoms with Crippen molar-refractivity contribution < 1.29 is 14.3 Å². The number of nitrogens with zero attached hydrogens (tertiary/aromatic N) is 1. The minimum atomic E-state index is -0.143. The summed E-state index contributed by atoms with van der Waals surface area (Å²) in [6, 6.07) is 7.57. The van der Waals surface area contributed by atoms with Crippen LogP contribution in [-0.4, -0.2) is 50.3 Å². The zero-order chi connectivity index (χ0) is 14.2. The number of carbonyl (C=O) groups excluding carboxylic acids is 1. The quantitative estimate of drug-likeness (QED) is 0.623. The molecule has 20 heavy (non-hydrogen) atoms. The highest BCUT2D eigenvalue weighted by molar-refractivity contribution is 5.69. The number of hydrogen-bond donors (Lipinski definition) is 1. The first-order chi connectivity index (χ1) is 9.74. The highest BCUT2D eigenvalue weighted by Crippen LogP contribution is 2.08. The van der Waals surface area contributed by atoms with Crippen LogP contribution in [0.3, 0.4) is 0 Å². The smallest absolute Gasteiger partial charge is 0.306 e. The molecule has 5 nitrogen and oxygen atoms in total. The van der Waals surface area contributed by atoms with Gasteiger partial charge in [-0.2, -0.15) is 0 Å². The largest absolute Gasteiger partial charge is 0.464 e. The van der Waals surface area contributed by atoms with Gasteiger partial charge in [-0.15, -0.1) is 0 Å². The number of rotatable bonds is 6. The Morgan fingerprint density at radius 2 is 1.95 bits per heavy atom. The van der Waals surface area contributed by atoms with E-state index in [4.69, 9.17) is 15.2 Å². The van der Waals surface area contributed by atoms with Crippen LogP contribution >= 0.6 is 0 Å². The van der Waals surface area contributed by atoms with E-state index < -0.39 is 0 Å². The van der Waals surface area contributed by atoms with E-state index in [1.807, 2.05) is 24.3 Å². The Balaban J connectivity index is 1.59. The van der Waals surface area contributed by atoms with Gasteiger partial charge in [0.2, 0.25) is 0 Å². The molecule has 0 aromatic heterocycles. The normalized spacial score (nSPS) is 16.0. The van der Waals surface area contributed by atoms with Crippen molar-refractivity contribution in [3.63, 3.8) is 0 Å². The van der Waals surface area contributed by atoms with E-state index >= 15 is 0 Å². The molecule has 110 valence electrons. The summed E-state index contributed by atoms with van der Waals surface area (Å²) in [4.78, 5) is 13.9. The Labute approximate surface area is 119 Å². The van der Waals surface area contributed by atoms with Crippen molar-refractivity contribution in [1.29, 1.82) is 0 Å². The van der Waals surface area contributed by atoms with Gasteiger partial charge in [0.1, 0.15) is 6.61 Å². The van der Waals surface area contributed by atoms with Crippen molar-refractivity contribution in [3.8, 4) is 0 Å². The number of ether oxygens (including phenoxy) is 2. The van der Waals surface area contributed by atoms with Gasteiger partial charge in [0.05, 0.1) is 13.2 Å². The summed E-state index contributed by atoms with van der Waals surface area (Å²) in [5.41, 5.74) is 7.45. The topological polar surface area (TPSA) is 64.8 Å². The van der Waals surface area contributed by atoms with Gasteiger partial charge in [-0.3, -0.25) is 9.69 Å². The molecular formula is C15H22N2O3. The maximum absolute atomic E-state index is 11.6. The molecular weight excluding hydrogens is 256 g/mol. The lowest BCUT2D eigenvalue weighted by atomic mass is 10.1. The predicted molar refractivity (Wildman–Crippen MR) is 77.4 cm³/mol. The molecule has 2 rings (SSSR count). The fourth-order valence-electron chi connectivity index (χ4n) is 2.12. The zero-order valence-electron chi connectivity index (χ0n) is 11.7. The van der Waals surface area contributed by atoms with Crippen LogP contribution in [0.4, 0.5) is 5.69 Å². The lowest BCUT2D eigenvalue weighted by Gasteiger charge is -2.26. The van der Waals surface area contributed by atoms with Gasteiger partial charge in [-0.05, 0) is 24.1 Å². The molecule has 1 aromatic rings. The second-order valence-corrected chi connectivity index (χ2v) is 4.92. The maximum Gasteiger partial charge on any atom is 0.306 e. The number of nitrogen functional groups attached to an aromatic ring is 1. The van der Waals surface area contributed by atoms with E-state index in [0.717, 1.165) is 44.1 Å². The van der Waals surface area contributed by atoms with Gasteiger partial charge in [-0.1, -0.05) is 12.1 Å². The molecule has 0 amide bonds. The van der Waals surface area contributed by atoms with Crippen LogP contribution < -0.4 is 5.73 Å². The molecule has 1 heterocycles. The molecule has 0 unspecified atom stereocenters. The summed E-state index contributed by atoms with van der Waals surface area (Å²) >= 11 is 0. The fraction of sp³-hybridized carbons (Fsp3) is 0.533. The van der Waals surface area contributed by atoms with E-state index in [1.54, 1.807) is 0 Å². The van der Waals surface area contributed by atoms with Gasteiger partial charge in [0, 0.05) is 31.7 Å². The fourth-order valence-corrected chi connectivity index (χ4v) is 2.12. The Morgan fingerprint density at radius 1 is 1.25 bits per heavy atom. The first-order valence-corrected chi connectivity index (χ1v) is 7.04. The minimum Gasteiger partial charge on any atom is -0.464 e. The van der Waals surface area contributed by atoms with Crippen LogP contribution in [0.15, 0.2) is 24.3 Å². The van der Waals surface area contributed by atoms with Gasteiger partial charge in [0.25, 0.3) is 0 Å². The third-order valence-electron chi connectivity index (χ3n) is 3.37. The molecule has 0 aliphatic carbocycles. The first kappa shape index (κ1) is 14.8. The van der Waals surface area contributed by atoms with Gasteiger partial charge in [0.15, 0.2) is 0 Å². The maximum atomic E-state index is 11.6. The second kappa shape index (κ2) is 7.87. The van der Waals surface area contributed by atoms with Crippen molar-refractivity contribution in [1.82, 2.24) is 4.90 Å². The summed E-state index contributed by atoms with van der Waals surface area (Å²) in [5, 5.41) is 0. The van der Waals surface area contributed by atoms with E-state index in [1.165, 1.54) is 0 Å². The molecule has 0 saturated carbocycles. The van der Waals surface area contributed by atoms with Gasteiger partial charge >= 0.3 is 5.97 Å². The molecule has 0 radical (unpaired) electrons. The highest BCUT2D eigenvalue weighted by atomic mass is 16.5. The van der Waals surface area contributed by atoms with Crippen LogP contribution in [0.5, 0.6) is 0 Å². The average molecular weight is 278 g/mol. The molecule has 1 saturated heterocycles. The van der Waals surface area contributed by atoms with Crippen molar-refractivity contribution in [2.75, 3.05) is 45.2 Å². The number of anilines is 1. The Bertz CT molecular complexity index is 414. The lowest BCUT2D eigenvalue weighted by molar-refractivity contribution is -0.144. The molecule has 0 atom stereocenters. The molecule has 1 fully saturated rings. The van der Waals surface area contributed by atoms with Crippen molar-refractivity contribution in [2.24, 2.45) is 0 Å². The third-order valence-corrected chi connectivity index (χ3v) is 3.37. The summed E-state index contributed by atoms with van der Waals surface area (Å²) < 4.78 is 10.5. The summed E-state index contributed by atoms with van der Waals surface area (Å²) in [6.07, 6.45) is 1.10. The summed E-state index contributed by atoms with van der Waals surface area (Å²) in [6.45, 7) is 4.62. The van der Waals surface area contributed by atoms with E-state index in [2.05, 4.69) is 4.90 Å². The number of morpholine rings is 1. The predicted octanol–water partition coefficient (Wildman–Crippen LogP) is 1.08. The van der Waals surface area contributed by atoms with Crippen LogP contribution in [0, 0.1) is 0 Å². The number of esters is 1. The number of carbonyl (C=O) groups is 1. The summed E-state index contributed by atoms with van der Waals surface area (Å²) in [5.74, 6) is -0.143. The van der Waals surface area contributed by atoms with E-state index in [-0.39, 0.29) is 5.97 Å². The number of hydrogen-bond acceptors (Lipinski definition) is 5. The Hall–Kier alpha value is -1.59. The number of benzene rings is 1. The van der Waals surface area contributed by atoms with Crippen molar-refractivity contribution in [2.45, 2.75) is 12.8 Å².